The van der Waals surface area contributed by atoms with E-state index in [9.17, 15) is 18.4 Å². The second-order valence-electron chi connectivity index (χ2n) is 9.44. The van der Waals surface area contributed by atoms with Gasteiger partial charge in [-0.15, -0.1) is 0 Å². The highest BCUT2D eigenvalue weighted by Crippen LogP contribution is 2.32. The largest absolute Gasteiger partial charge is 0.373 e. The molecule has 2 aromatic heterocycles. The van der Waals surface area contributed by atoms with Gasteiger partial charge in [0.2, 0.25) is 0 Å². The number of benzene rings is 2. The molecule has 2 amide bonds. The average molecular weight is 516 g/mol. The first-order valence-electron chi connectivity index (χ1n) is 12.3. The lowest BCUT2D eigenvalue weighted by molar-refractivity contribution is 0.0320. The molecule has 1 atom stereocenters. The van der Waals surface area contributed by atoms with Gasteiger partial charge in [0.25, 0.3) is 11.5 Å². The van der Waals surface area contributed by atoms with Crippen LogP contribution in [0.5, 0.6) is 0 Å². The number of nitrogens with one attached hydrogen (secondary N) is 3. The number of halogens is 2. The number of alkyl halides is 2. The third kappa shape index (κ3) is 4.63. The number of hydrogen-bond donors (Lipinski definition) is 3. The van der Waals surface area contributed by atoms with Crippen molar-refractivity contribution in [3.8, 4) is 0 Å². The van der Waals surface area contributed by atoms with E-state index in [0.717, 1.165) is 16.8 Å². The maximum Gasteiger partial charge on any atom is 0.319 e. The Morgan fingerprint density at radius 1 is 1.08 bits per heavy atom. The predicted octanol–water partition coefficient (Wildman–Crippen LogP) is 5.95. The van der Waals surface area contributed by atoms with Gasteiger partial charge in [0.15, 0.2) is 0 Å². The minimum atomic E-state index is -3.35. The minimum Gasteiger partial charge on any atom is -0.373 e. The average Bonchev–Trinajstić information content (AvgIpc) is 2.89. The number of hydrogen-bond acceptors (Lipinski definition) is 4. The van der Waals surface area contributed by atoms with Crippen molar-refractivity contribution in [1.29, 1.82) is 0 Å². The molecule has 38 heavy (non-hydrogen) atoms. The van der Waals surface area contributed by atoms with E-state index in [1.54, 1.807) is 42.1 Å². The lowest BCUT2D eigenvalue weighted by atomic mass is 9.94. The number of carbonyl (C=O) groups is 1. The van der Waals surface area contributed by atoms with Gasteiger partial charge in [-0.3, -0.25) is 4.79 Å². The van der Waals surface area contributed by atoms with Crippen molar-refractivity contribution in [2.75, 3.05) is 17.7 Å². The van der Waals surface area contributed by atoms with E-state index in [-0.39, 0.29) is 17.2 Å². The van der Waals surface area contributed by atoms with Crippen LogP contribution >= 0.6 is 0 Å². The highest BCUT2D eigenvalue weighted by atomic mass is 19.3. The lowest BCUT2D eigenvalue weighted by Crippen LogP contribution is -2.48. The summed E-state index contributed by atoms with van der Waals surface area (Å²) < 4.78 is 31.4. The Hall–Kier alpha value is -4.53. The van der Waals surface area contributed by atoms with Crippen LogP contribution in [-0.2, 0) is 0 Å². The molecule has 194 valence electrons. The number of nitrogens with zero attached hydrogens (tertiary/aromatic N) is 2. The molecule has 4 aromatic rings. The Bertz CT molecular complexity index is 1670. The molecule has 9 heteroatoms. The Morgan fingerprint density at radius 3 is 2.61 bits per heavy atom. The standard InChI is InChI=1S/C29H27F2N5O2/c1-17(2)36-24-15-26(32-3)33-16-20(24)13-22(27(36)37)19-11-12-29(30,31)25(14-19)35-28(38)34-23-10-6-8-18-7-4-5-9-21(18)23/h4-17,25H,1-3H3,(H,32,33)(H2,34,35,38). The van der Waals surface area contributed by atoms with Crippen molar-refractivity contribution in [3.05, 3.63) is 94.9 Å². The van der Waals surface area contributed by atoms with E-state index in [1.165, 1.54) is 12.2 Å². The van der Waals surface area contributed by atoms with Crippen molar-refractivity contribution in [2.24, 2.45) is 0 Å². The van der Waals surface area contributed by atoms with Crippen LogP contribution in [-0.4, -0.2) is 34.6 Å². The Kier molecular flexibility index (Phi) is 6.44. The van der Waals surface area contributed by atoms with Gasteiger partial charge >= 0.3 is 6.03 Å². The zero-order valence-electron chi connectivity index (χ0n) is 21.1. The van der Waals surface area contributed by atoms with Crippen molar-refractivity contribution in [2.45, 2.75) is 31.9 Å². The molecule has 0 fully saturated rings. The molecule has 2 aromatic carbocycles. The first kappa shape index (κ1) is 25.1. The molecule has 1 aliphatic carbocycles. The van der Waals surface area contributed by atoms with Crippen LogP contribution < -0.4 is 21.5 Å². The van der Waals surface area contributed by atoms with Gasteiger partial charge in [-0.25, -0.2) is 9.78 Å². The summed E-state index contributed by atoms with van der Waals surface area (Å²) in [6.45, 7) is 3.76. The number of anilines is 2. The topological polar surface area (TPSA) is 88.1 Å². The normalized spacial score (nSPS) is 16.5. The maximum atomic E-state index is 14.9. The third-order valence-corrected chi connectivity index (χ3v) is 6.57. The van der Waals surface area contributed by atoms with E-state index in [2.05, 4.69) is 20.9 Å². The molecule has 0 saturated heterocycles. The molecule has 0 spiro atoms. The third-order valence-electron chi connectivity index (χ3n) is 6.57. The van der Waals surface area contributed by atoms with Crippen LogP contribution in [0.15, 0.2) is 83.8 Å². The molecule has 0 bridgehead atoms. The highest BCUT2D eigenvalue weighted by Gasteiger charge is 2.39. The van der Waals surface area contributed by atoms with E-state index in [1.807, 2.05) is 44.2 Å². The maximum absolute atomic E-state index is 14.9. The number of rotatable bonds is 5. The Balaban J connectivity index is 1.50. The first-order valence-corrected chi connectivity index (χ1v) is 12.3. The summed E-state index contributed by atoms with van der Waals surface area (Å²) in [7, 11) is 1.74. The van der Waals surface area contributed by atoms with Crippen LogP contribution in [0.2, 0.25) is 0 Å². The van der Waals surface area contributed by atoms with Crippen molar-refractivity contribution in [3.63, 3.8) is 0 Å². The Labute approximate surface area is 217 Å². The van der Waals surface area contributed by atoms with Crippen LogP contribution in [0.1, 0.15) is 25.5 Å². The van der Waals surface area contributed by atoms with Gasteiger partial charge in [0.05, 0.1) is 11.2 Å². The van der Waals surface area contributed by atoms with E-state index in [0.29, 0.717) is 28.0 Å². The summed E-state index contributed by atoms with van der Waals surface area (Å²) in [6, 6.07) is 13.6. The highest BCUT2D eigenvalue weighted by molar-refractivity contribution is 6.01. The minimum absolute atomic E-state index is 0.188. The van der Waals surface area contributed by atoms with Crippen molar-refractivity contribution >= 4 is 44.8 Å². The lowest BCUT2D eigenvalue weighted by Gasteiger charge is -2.27. The summed E-state index contributed by atoms with van der Waals surface area (Å²) in [6.07, 6.45) is 4.81. The van der Waals surface area contributed by atoms with E-state index >= 15 is 0 Å². The second-order valence-corrected chi connectivity index (χ2v) is 9.44. The molecule has 7 nitrogen and oxygen atoms in total. The van der Waals surface area contributed by atoms with Gasteiger partial charge in [-0.1, -0.05) is 42.5 Å². The van der Waals surface area contributed by atoms with Crippen LogP contribution in [0, 0.1) is 0 Å². The van der Waals surface area contributed by atoms with Gasteiger partial charge in [-0.05, 0) is 49.1 Å². The molecule has 0 radical (unpaired) electrons. The smallest absolute Gasteiger partial charge is 0.319 e. The number of allylic oxidation sites excluding steroid dienone is 2. The molecule has 2 heterocycles. The van der Waals surface area contributed by atoms with Gasteiger partial charge in [-0.2, -0.15) is 8.78 Å². The summed E-state index contributed by atoms with van der Waals surface area (Å²) in [5, 5.41) is 10.4. The van der Waals surface area contributed by atoms with Crippen LogP contribution in [0.25, 0.3) is 27.2 Å². The van der Waals surface area contributed by atoms with Gasteiger partial charge in [0, 0.05) is 41.7 Å². The van der Waals surface area contributed by atoms with Crippen LogP contribution in [0.3, 0.4) is 0 Å². The molecule has 3 N–H and O–H groups in total. The molecule has 1 unspecified atom stereocenters. The second kappa shape index (κ2) is 9.74. The zero-order chi connectivity index (χ0) is 27.0. The number of pyridine rings is 2. The number of fused-ring (bicyclic) bond motifs is 2. The van der Waals surface area contributed by atoms with Crippen molar-refractivity contribution < 1.29 is 13.6 Å². The number of carbonyl (C=O) groups excluding carboxylic acids is 1. The van der Waals surface area contributed by atoms with Crippen LogP contribution in [0.4, 0.5) is 25.1 Å². The number of aromatic nitrogens is 2. The molecule has 5 rings (SSSR count). The molecule has 1 aliphatic rings. The monoisotopic (exact) mass is 515 g/mol. The summed E-state index contributed by atoms with van der Waals surface area (Å²) in [5.74, 6) is -2.74. The fraction of sp³-hybridized carbons (Fsp3) is 0.207. The van der Waals surface area contributed by atoms with E-state index in [4.69, 9.17) is 0 Å². The summed E-state index contributed by atoms with van der Waals surface area (Å²) in [5.41, 5.74) is 1.41. The number of urea groups is 1. The molecule has 0 saturated carbocycles. The van der Waals surface area contributed by atoms with Gasteiger partial charge < -0.3 is 20.5 Å². The fourth-order valence-electron chi connectivity index (χ4n) is 4.69. The van der Waals surface area contributed by atoms with Gasteiger partial charge in [0.1, 0.15) is 11.9 Å². The fourth-order valence-corrected chi connectivity index (χ4v) is 4.69. The quantitative estimate of drug-likeness (QED) is 0.307. The summed E-state index contributed by atoms with van der Waals surface area (Å²) >= 11 is 0. The Morgan fingerprint density at radius 2 is 1.84 bits per heavy atom. The number of amides is 2. The van der Waals surface area contributed by atoms with E-state index < -0.39 is 18.0 Å². The zero-order valence-corrected chi connectivity index (χ0v) is 21.1. The molecular formula is C29H27F2N5O2. The van der Waals surface area contributed by atoms with Crippen molar-refractivity contribution in [1.82, 2.24) is 14.9 Å². The first-order chi connectivity index (χ1) is 18.2. The SMILES string of the molecule is CNc1cc2c(cn1)cc(C1=CC(NC(=O)Nc3cccc4ccccc34)C(F)(F)C=C1)c(=O)n2C(C)C. The molecule has 0 aliphatic heterocycles. The summed E-state index contributed by atoms with van der Waals surface area (Å²) in [4.78, 5) is 30.7. The predicted molar refractivity (Wildman–Crippen MR) is 148 cm³/mol. The molecular weight excluding hydrogens is 488 g/mol.